The van der Waals surface area contributed by atoms with Crippen molar-refractivity contribution in [2.24, 2.45) is 27.3 Å². The molecule has 12 nitrogen and oxygen atoms in total. The first-order chi connectivity index (χ1) is 24.8. The Kier molecular flexibility index (Phi) is 13.8. The van der Waals surface area contributed by atoms with Crippen LogP contribution >= 0.6 is 0 Å². The molecule has 0 aromatic heterocycles. The number of ether oxygens (including phenoxy) is 5. The van der Waals surface area contributed by atoms with Crippen LogP contribution in [0.4, 0.5) is 0 Å². The van der Waals surface area contributed by atoms with Gasteiger partial charge in [-0.15, -0.1) is 0 Å². The predicted molar refractivity (Wildman–Crippen MR) is 194 cm³/mol. The van der Waals surface area contributed by atoms with E-state index >= 15 is 0 Å². The molecular weight excluding hydrogens is 670 g/mol. The van der Waals surface area contributed by atoms with E-state index in [1.807, 2.05) is 55.5 Å². The van der Waals surface area contributed by atoms with Crippen molar-refractivity contribution >= 4 is 51.6 Å². The molecule has 0 radical (unpaired) electrons. The Balaban J connectivity index is 1.44. The Labute approximate surface area is 304 Å². The largest absolute Gasteiger partial charge is 0.469 e. The van der Waals surface area contributed by atoms with Crippen LogP contribution in [0.25, 0.3) is 21.5 Å². The first-order valence-electron chi connectivity index (χ1n) is 17.6. The molecule has 1 N–H and O–H groups in total. The number of oxime groups is 1. The maximum atomic E-state index is 13.7. The topological polar surface area (TPSA) is 160 Å². The van der Waals surface area contributed by atoms with Gasteiger partial charge in [0.15, 0.2) is 6.61 Å². The minimum Gasteiger partial charge on any atom is -0.469 e. The van der Waals surface area contributed by atoms with Gasteiger partial charge < -0.3 is 33.6 Å². The molecular formula is C40H51NO11. The van der Waals surface area contributed by atoms with Crippen LogP contribution in [0, 0.1) is 22.2 Å². The number of hydrogen-bond acceptors (Lipinski definition) is 12. The summed E-state index contributed by atoms with van der Waals surface area (Å²) in [7, 11) is 1.28. The van der Waals surface area contributed by atoms with Crippen molar-refractivity contribution in [1.29, 1.82) is 0 Å². The highest BCUT2D eigenvalue weighted by molar-refractivity contribution is 6.13. The minimum atomic E-state index is -1.36. The van der Waals surface area contributed by atoms with Crippen LogP contribution in [0.2, 0.25) is 0 Å². The van der Waals surface area contributed by atoms with E-state index in [0.717, 1.165) is 27.1 Å². The van der Waals surface area contributed by atoms with Gasteiger partial charge in [0, 0.05) is 5.56 Å². The molecule has 0 bridgehead atoms. The third kappa shape index (κ3) is 10.3. The molecule has 1 aliphatic rings. The summed E-state index contributed by atoms with van der Waals surface area (Å²) in [6.07, 6.45) is 1.66. The molecule has 0 aliphatic carbocycles. The average Bonchev–Trinajstić information content (AvgIpc) is 3.97. The van der Waals surface area contributed by atoms with Crippen LogP contribution in [-0.4, -0.2) is 88.1 Å². The van der Waals surface area contributed by atoms with Crippen LogP contribution in [0.1, 0.15) is 65.9 Å². The fourth-order valence-corrected chi connectivity index (χ4v) is 6.63. The minimum absolute atomic E-state index is 0.00854. The van der Waals surface area contributed by atoms with Gasteiger partial charge in [-0.2, -0.15) is 0 Å². The molecule has 3 aromatic rings. The molecule has 52 heavy (non-hydrogen) atoms. The average molecular weight is 722 g/mol. The van der Waals surface area contributed by atoms with Crippen molar-refractivity contribution in [3.8, 4) is 0 Å². The van der Waals surface area contributed by atoms with Crippen molar-refractivity contribution < 1.29 is 52.8 Å². The highest BCUT2D eigenvalue weighted by Crippen LogP contribution is 2.45. The van der Waals surface area contributed by atoms with Crippen LogP contribution < -0.4 is 0 Å². The van der Waals surface area contributed by atoms with Gasteiger partial charge in [-0.3, -0.25) is 19.2 Å². The van der Waals surface area contributed by atoms with Gasteiger partial charge in [-0.25, -0.2) is 0 Å². The molecule has 282 valence electrons. The number of hydrogen-bond donors (Lipinski definition) is 1. The zero-order valence-corrected chi connectivity index (χ0v) is 31.0. The molecule has 12 heteroatoms. The maximum absolute atomic E-state index is 13.7. The molecule has 4 atom stereocenters. The predicted octanol–water partition coefficient (Wildman–Crippen LogP) is 5.77. The second-order valence-corrected chi connectivity index (χ2v) is 14.5. The smallest absolute Gasteiger partial charge is 0.311 e. The number of fused-ring (bicyclic) bond motifs is 2. The Bertz CT molecular complexity index is 1700. The quantitative estimate of drug-likeness (QED) is 0.0287. The second kappa shape index (κ2) is 17.8. The van der Waals surface area contributed by atoms with Crippen LogP contribution in [0.3, 0.4) is 0 Å². The van der Waals surface area contributed by atoms with Gasteiger partial charge in [0.1, 0.15) is 25.9 Å². The molecule has 1 saturated heterocycles. The van der Waals surface area contributed by atoms with E-state index in [2.05, 4.69) is 11.2 Å². The Morgan fingerprint density at radius 3 is 2.08 bits per heavy atom. The first kappa shape index (κ1) is 40.2. The molecule has 1 aliphatic heterocycles. The molecule has 1 heterocycles. The zero-order valence-electron chi connectivity index (χ0n) is 31.0. The zero-order chi connectivity index (χ0) is 37.9. The number of epoxide rings is 1. The van der Waals surface area contributed by atoms with Crippen molar-refractivity contribution in [3.05, 3.63) is 60.2 Å². The van der Waals surface area contributed by atoms with Crippen molar-refractivity contribution in [2.75, 3.05) is 46.8 Å². The molecule has 4 rings (SSSR count). The summed E-state index contributed by atoms with van der Waals surface area (Å²) in [5, 5.41) is 17.7. The lowest BCUT2D eigenvalue weighted by molar-refractivity contribution is -0.166. The molecule has 0 amide bonds. The third-order valence-corrected chi connectivity index (χ3v) is 9.69. The Hall–Kier alpha value is -4.55. The molecule has 1 fully saturated rings. The van der Waals surface area contributed by atoms with Crippen molar-refractivity contribution in [2.45, 2.75) is 66.4 Å². The summed E-state index contributed by atoms with van der Waals surface area (Å²) in [6.45, 7) is 8.16. The highest BCUT2D eigenvalue weighted by atomic mass is 16.6. The van der Waals surface area contributed by atoms with E-state index in [1.165, 1.54) is 7.11 Å². The number of esters is 4. The van der Waals surface area contributed by atoms with Gasteiger partial charge >= 0.3 is 23.9 Å². The van der Waals surface area contributed by atoms with Crippen LogP contribution in [-0.2, 0) is 47.7 Å². The number of carbonyl (C=O) groups excluding carboxylic acids is 4. The number of methoxy groups -OCH3 is 1. The van der Waals surface area contributed by atoms with Gasteiger partial charge in [0.05, 0.1) is 48.7 Å². The molecule has 0 saturated carbocycles. The first-order valence-corrected chi connectivity index (χ1v) is 17.6. The number of nitrogens with zero attached hydrogens (tertiary/aromatic N) is 1. The molecule has 4 unspecified atom stereocenters. The highest BCUT2D eigenvalue weighted by Gasteiger charge is 2.49. The standard InChI is InChI=1S/C40H51NO11/c1-7-39(4,36(45)47-6)26-40(5,37(46)51-25-30-24-50-30)22-29(34(43)48-17-16-42)21-38(2,3)35(44)49-18-19-52-41-23-33-31-14-10-8-12-27(31)20-28-13-9-11-15-32(28)33/h8-15,20,23,29-30,42H,7,16-19,21-22,24-26H2,1-6H3. The normalized spacial score (nSPS) is 17.2. The van der Waals surface area contributed by atoms with Crippen molar-refractivity contribution in [1.82, 2.24) is 0 Å². The maximum Gasteiger partial charge on any atom is 0.311 e. The summed E-state index contributed by atoms with van der Waals surface area (Å²) in [5.74, 6) is -3.41. The van der Waals surface area contributed by atoms with E-state index in [4.69, 9.17) is 28.5 Å². The van der Waals surface area contributed by atoms with E-state index in [0.29, 0.717) is 13.0 Å². The summed E-state index contributed by atoms with van der Waals surface area (Å²) in [5.41, 5.74) is -2.74. The monoisotopic (exact) mass is 721 g/mol. The van der Waals surface area contributed by atoms with Gasteiger partial charge in [-0.1, -0.05) is 60.6 Å². The Morgan fingerprint density at radius 2 is 1.50 bits per heavy atom. The van der Waals surface area contributed by atoms with Gasteiger partial charge in [0.2, 0.25) is 0 Å². The van der Waals surface area contributed by atoms with E-state index < -0.39 is 52.6 Å². The van der Waals surface area contributed by atoms with Crippen molar-refractivity contribution in [3.63, 3.8) is 0 Å². The second-order valence-electron chi connectivity index (χ2n) is 14.5. The lowest BCUT2D eigenvalue weighted by Gasteiger charge is -2.38. The lowest BCUT2D eigenvalue weighted by atomic mass is 9.66. The van der Waals surface area contributed by atoms with Gasteiger partial charge in [-0.05, 0) is 81.0 Å². The Morgan fingerprint density at radius 1 is 0.865 bits per heavy atom. The summed E-state index contributed by atoms with van der Waals surface area (Å²) < 4.78 is 26.7. The number of aliphatic hydroxyl groups excluding tert-OH is 1. The number of aliphatic hydroxyl groups is 1. The SMILES string of the molecule is CCC(C)(CC(C)(CC(CC(C)(C)C(=O)OCCON=Cc1c2ccccc2cc2ccccc12)C(=O)OCCO)C(=O)OCC1CO1)C(=O)OC. The summed E-state index contributed by atoms with van der Waals surface area (Å²) in [4.78, 5) is 58.9. The molecule has 3 aromatic carbocycles. The van der Waals surface area contributed by atoms with Crippen LogP contribution in [0.15, 0.2) is 59.8 Å². The van der Waals surface area contributed by atoms with E-state index in [-0.39, 0.29) is 51.8 Å². The number of benzene rings is 3. The fourth-order valence-electron chi connectivity index (χ4n) is 6.63. The number of carbonyl (C=O) groups is 4. The fraction of sp³-hybridized carbons (Fsp3) is 0.525. The molecule has 0 spiro atoms. The van der Waals surface area contributed by atoms with Crippen LogP contribution in [0.5, 0.6) is 0 Å². The van der Waals surface area contributed by atoms with E-state index in [9.17, 15) is 24.3 Å². The third-order valence-electron chi connectivity index (χ3n) is 9.69. The van der Waals surface area contributed by atoms with E-state index in [1.54, 1.807) is 33.9 Å². The lowest BCUT2D eigenvalue weighted by Crippen LogP contribution is -2.43. The number of rotatable bonds is 20. The summed E-state index contributed by atoms with van der Waals surface area (Å²) in [6, 6.07) is 18.2. The van der Waals surface area contributed by atoms with Gasteiger partial charge in [0.25, 0.3) is 0 Å². The summed E-state index contributed by atoms with van der Waals surface area (Å²) >= 11 is 0.